The Hall–Kier alpha value is -2.25. The van der Waals surface area contributed by atoms with Gasteiger partial charge in [-0.1, -0.05) is 35.8 Å². The van der Waals surface area contributed by atoms with Crippen molar-refractivity contribution in [2.45, 2.75) is 26.7 Å². The first kappa shape index (κ1) is 22.0. The van der Waals surface area contributed by atoms with Gasteiger partial charge in [0.05, 0.1) is 0 Å². The van der Waals surface area contributed by atoms with Gasteiger partial charge >= 0.3 is 0 Å². The fraction of sp³-hybridized carbons (Fsp3) is 0.286. The van der Waals surface area contributed by atoms with Crippen LogP contribution in [0.15, 0.2) is 53.0 Å². The van der Waals surface area contributed by atoms with Crippen LogP contribution in [0.4, 0.5) is 5.69 Å². The summed E-state index contributed by atoms with van der Waals surface area (Å²) >= 11 is 8.55. The third kappa shape index (κ3) is 6.42. The lowest BCUT2D eigenvalue weighted by Crippen LogP contribution is -2.34. The molecule has 7 heteroatoms. The second-order valence-corrected chi connectivity index (χ2v) is 7.61. The molecule has 0 bridgehead atoms. The van der Waals surface area contributed by atoms with Crippen molar-refractivity contribution < 1.29 is 9.59 Å². The molecule has 2 rings (SSSR count). The smallest absolute Gasteiger partial charge is 0.257 e. The third-order valence-corrected chi connectivity index (χ3v) is 4.68. The highest BCUT2D eigenvalue weighted by molar-refractivity contribution is 9.10. The third-order valence-electron chi connectivity index (χ3n) is 3.98. The van der Waals surface area contributed by atoms with Crippen molar-refractivity contribution in [1.29, 1.82) is 0 Å². The number of hydrogen-bond acceptors (Lipinski definition) is 3. The predicted octanol–water partition coefficient (Wildman–Crippen LogP) is 4.84. The molecule has 5 nitrogen and oxygen atoms in total. The number of rotatable bonds is 7. The Bertz CT molecular complexity index is 834. The van der Waals surface area contributed by atoms with E-state index in [1.807, 2.05) is 11.0 Å². The molecule has 0 atom stereocenters. The molecule has 0 radical (unpaired) electrons. The molecule has 0 aromatic heterocycles. The molecule has 148 valence electrons. The average Bonchev–Trinajstić information content (AvgIpc) is 2.67. The van der Waals surface area contributed by atoms with Gasteiger partial charge in [-0.15, -0.1) is 0 Å². The highest BCUT2D eigenvalue weighted by atomic mass is 79.9. The number of thiocarbonyl (C=S) groups is 1. The SMILES string of the molecule is CCCN(CCC)C(=O)c1ccc(NC(=S)NC(=O)c2cccc(Br)c2)cc1. The minimum Gasteiger partial charge on any atom is -0.339 e. The summed E-state index contributed by atoms with van der Waals surface area (Å²) in [5.74, 6) is -0.263. The lowest BCUT2D eigenvalue weighted by atomic mass is 10.1. The second-order valence-electron chi connectivity index (χ2n) is 6.29. The largest absolute Gasteiger partial charge is 0.339 e. The van der Waals surface area contributed by atoms with Crippen LogP contribution in [0.5, 0.6) is 0 Å². The van der Waals surface area contributed by atoms with Crippen molar-refractivity contribution in [3.05, 3.63) is 64.1 Å². The van der Waals surface area contributed by atoms with E-state index in [1.54, 1.807) is 42.5 Å². The van der Waals surface area contributed by atoms with Gasteiger partial charge in [0.1, 0.15) is 0 Å². The first-order chi connectivity index (χ1) is 13.4. The van der Waals surface area contributed by atoms with Gasteiger partial charge in [0.2, 0.25) is 0 Å². The summed E-state index contributed by atoms with van der Waals surface area (Å²) < 4.78 is 0.819. The van der Waals surface area contributed by atoms with E-state index in [0.29, 0.717) is 16.8 Å². The molecule has 0 aliphatic carbocycles. The van der Waals surface area contributed by atoms with Crippen LogP contribution < -0.4 is 10.6 Å². The highest BCUT2D eigenvalue weighted by Crippen LogP contribution is 2.14. The van der Waals surface area contributed by atoms with Crippen LogP contribution in [-0.2, 0) is 0 Å². The Morgan fingerprint density at radius 3 is 2.21 bits per heavy atom. The number of carbonyl (C=O) groups is 2. The van der Waals surface area contributed by atoms with Crippen LogP contribution in [0.1, 0.15) is 47.4 Å². The molecule has 28 heavy (non-hydrogen) atoms. The summed E-state index contributed by atoms with van der Waals surface area (Å²) in [5, 5.41) is 5.81. The number of amides is 2. The van der Waals surface area contributed by atoms with Crippen molar-refractivity contribution in [1.82, 2.24) is 10.2 Å². The molecule has 0 unspecified atom stereocenters. The maximum absolute atomic E-state index is 12.6. The van der Waals surface area contributed by atoms with Crippen LogP contribution in [0.25, 0.3) is 0 Å². The predicted molar refractivity (Wildman–Crippen MR) is 121 cm³/mol. The zero-order chi connectivity index (χ0) is 20.5. The lowest BCUT2D eigenvalue weighted by molar-refractivity contribution is 0.0755. The molecular weight excluding hydrogens is 438 g/mol. The summed E-state index contributed by atoms with van der Waals surface area (Å²) in [5.41, 5.74) is 1.84. The molecule has 2 amide bonds. The van der Waals surface area contributed by atoms with Crippen molar-refractivity contribution in [2.75, 3.05) is 18.4 Å². The molecule has 0 heterocycles. The van der Waals surface area contributed by atoms with E-state index in [0.717, 1.165) is 30.4 Å². The van der Waals surface area contributed by atoms with Gasteiger partial charge in [-0.05, 0) is 67.5 Å². The summed E-state index contributed by atoms with van der Waals surface area (Å²) in [6.07, 6.45) is 1.86. The van der Waals surface area contributed by atoms with Gasteiger partial charge in [-0.25, -0.2) is 0 Å². The van der Waals surface area contributed by atoms with Crippen LogP contribution >= 0.6 is 28.1 Å². The number of benzene rings is 2. The number of carbonyl (C=O) groups excluding carboxylic acids is 2. The minimum absolute atomic E-state index is 0.0285. The molecule has 2 aromatic carbocycles. The maximum atomic E-state index is 12.6. The maximum Gasteiger partial charge on any atom is 0.257 e. The second kappa shape index (κ2) is 10.9. The Balaban J connectivity index is 1.96. The van der Waals surface area contributed by atoms with Crippen LogP contribution in [0.3, 0.4) is 0 Å². The van der Waals surface area contributed by atoms with Gasteiger partial charge in [0.25, 0.3) is 11.8 Å². The molecule has 2 N–H and O–H groups in total. The summed E-state index contributed by atoms with van der Waals surface area (Å²) in [6, 6.07) is 14.1. The number of nitrogens with one attached hydrogen (secondary N) is 2. The van der Waals surface area contributed by atoms with E-state index in [2.05, 4.69) is 40.4 Å². The fourth-order valence-electron chi connectivity index (χ4n) is 2.70. The van der Waals surface area contributed by atoms with E-state index in [4.69, 9.17) is 12.2 Å². The standard InChI is InChI=1S/C21H24BrN3O2S/c1-3-12-25(13-4-2)20(27)15-8-10-18(11-9-15)23-21(28)24-19(26)16-6-5-7-17(22)14-16/h5-11,14H,3-4,12-13H2,1-2H3,(H2,23,24,26,28). The van der Waals surface area contributed by atoms with Gasteiger partial charge in [0, 0.05) is 34.4 Å². The highest BCUT2D eigenvalue weighted by Gasteiger charge is 2.14. The Morgan fingerprint density at radius 2 is 1.64 bits per heavy atom. The Morgan fingerprint density at radius 1 is 1.00 bits per heavy atom. The van der Waals surface area contributed by atoms with Crippen LogP contribution in [-0.4, -0.2) is 34.9 Å². The van der Waals surface area contributed by atoms with Crippen molar-refractivity contribution >= 4 is 50.8 Å². The van der Waals surface area contributed by atoms with E-state index >= 15 is 0 Å². The van der Waals surface area contributed by atoms with Gasteiger partial charge in [-0.3, -0.25) is 14.9 Å². The summed E-state index contributed by atoms with van der Waals surface area (Å²) in [6.45, 7) is 5.62. The Labute approximate surface area is 179 Å². The average molecular weight is 462 g/mol. The minimum atomic E-state index is -0.291. The topological polar surface area (TPSA) is 61.4 Å². The van der Waals surface area contributed by atoms with Crippen LogP contribution in [0, 0.1) is 0 Å². The molecular formula is C21H24BrN3O2S. The normalized spacial score (nSPS) is 10.2. The molecule has 0 fully saturated rings. The number of anilines is 1. The lowest BCUT2D eigenvalue weighted by Gasteiger charge is -2.21. The monoisotopic (exact) mass is 461 g/mol. The number of nitrogens with zero attached hydrogens (tertiary/aromatic N) is 1. The van der Waals surface area contributed by atoms with Crippen LogP contribution in [0.2, 0.25) is 0 Å². The Kier molecular flexibility index (Phi) is 8.60. The van der Waals surface area contributed by atoms with E-state index in [-0.39, 0.29) is 16.9 Å². The number of halogens is 1. The molecule has 0 aliphatic heterocycles. The molecule has 0 saturated carbocycles. The fourth-order valence-corrected chi connectivity index (χ4v) is 3.31. The quantitative estimate of drug-likeness (QED) is 0.579. The van der Waals surface area contributed by atoms with Gasteiger partial charge in [-0.2, -0.15) is 0 Å². The van der Waals surface area contributed by atoms with Crippen molar-refractivity contribution in [2.24, 2.45) is 0 Å². The summed E-state index contributed by atoms with van der Waals surface area (Å²) in [4.78, 5) is 26.7. The molecule has 2 aromatic rings. The first-order valence-corrected chi connectivity index (χ1v) is 10.4. The summed E-state index contributed by atoms with van der Waals surface area (Å²) in [7, 11) is 0. The molecule has 0 spiro atoms. The van der Waals surface area contributed by atoms with E-state index < -0.39 is 0 Å². The molecule has 0 aliphatic rings. The first-order valence-electron chi connectivity index (χ1n) is 9.21. The van der Waals surface area contributed by atoms with E-state index in [1.165, 1.54) is 0 Å². The van der Waals surface area contributed by atoms with Gasteiger partial charge in [0.15, 0.2) is 5.11 Å². The molecule has 0 saturated heterocycles. The zero-order valence-corrected chi connectivity index (χ0v) is 18.4. The van der Waals surface area contributed by atoms with E-state index in [9.17, 15) is 9.59 Å². The number of hydrogen-bond donors (Lipinski definition) is 2. The van der Waals surface area contributed by atoms with Crippen molar-refractivity contribution in [3.8, 4) is 0 Å². The van der Waals surface area contributed by atoms with Crippen molar-refractivity contribution in [3.63, 3.8) is 0 Å². The zero-order valence-electron chi connectivity index (χ0n) is 16.0. The van der Waals surface area contributed by atoms with Gasteiger partial charge < -0.3 is 10.2 Å².